The molecular weight excluding hydrogens is 771 g/mol. The molecule has 0 aliphatic heterocycles. The summed E-state index contributed by atoms with van der Waals surface area (Å²) >= 11 is 0. The van der Waals surface area contributed by atoms with Gasteiger partial charge in [0.15, 0.2) is 8.32 Å². The van der Waals surface area contributed by atoms with E-state index < -0.39 is 14.4 Å². The zero-order chi connectivity index (χ0) is 42.6. The van der Waals surface area contributed by atoms with Gasteiger partial charge in [-0.3, -0.25) is 9.69 Å². The summed E-state index contributed by atoms with van der Waals surface area (Å²) in [7, 11) is -0.242. The monoisotopic (exact) mass is 829 g/mol. The Morgan fingerprint density at radius 2 is 1.73 bits per heavy atom. The third kappa shape index (κ3) is 9.49. The number of aromatic nitrogens is 4. The number of pyridine rings is 1. The summed E-state index contributed by atoms with van der Waals surface area (Å²) in [6, 6.07) is 29.6. The largest absolute Gasteiger partial charge is 0.506 e. The molecule has 1 aliphatic carbocycles. The van der Waals surface area contributed by atoms with Gasteiger partial charge in [0.25, 0.3) is 0 Å². The fraction of sp³-hybridized carbons (Fsp3) is 0.404. The van der Waals surface area contributed by atoms with E-state index >= 15 is 0 Å². The molecule has 1 aliphatic rings. The number of carbonyl (C=O) groups is 1. The highest BCUT2D eigenvalue weighted by atomic mass is 28.4. The topological polar surface area (TPSA) is 158 Å². The molecule has 0 unspecified atom stereocenters. The van der Waals surface area contributed by atoms with Gasteiger partial charge in [-0.2, -0.15) is 0 Å². The highest BCUT2D eigenvalue weighted by molar-refractivity contribution is 6.74. The highest BCUT2D eigenvalue weighted by Gasteiger charge is 2.40. The molecule has 0 spiro atoms. The second-order valence-electron chi connectivity index (χ2n) is 17.7. The molecule has 1 saturated carbocycles. The smallest absolute Gasteiger partial charge is 0.412 e. The minimum absolute atomic E-state index is 0.0217. The predicted octanol–water partition coefficient (Wildman–Crippen LogP) is 9.15. The summed E-state index contributed by atoms with van der Waals surface area (Å²) in [5.41, 5.74) is 7.64. The van der Waals surface area contributed by atoms with Crippen LogP contribution in [0.5, 0.6) is 5.75 Å². The minimum Gasteiger partial charge on any atom is -0.506 e. The lowest BCUT2D eigenvalue weighted by molar-refractivity contribution is 0.181. The van der Waals surface area contributed by atoms with Gasteiger partial charge >= 0.3 is 6.09 Å². The van der Waals surface area contributed by atoms with Crippen LogP contribution in [0.1, 0.15) is 75.7 Å². The maximum atomic E-state index is 12.9. The van der Waals surface area contributed by atoms with Gasteiger partial charge in [0, 0.05) is 48.7 Å². The number of rotatable bonds is 15. The molecule has 60 heavy (non-hydrogen) atoms. The lowest BCUT2D eigenvalue weighted by atomic mass is 9.89. The molecule has 1 fully saturated rings. The molecule has 2 heterocycles. The van der Waals surface area contributed by atoms with Crippen LogP contribution < -0.4 is 21.1 Å². The van der Waals surface area contributed by atoms with Crippen LogP contribution in [0.4, 0.5) is 10.5 Å². The summed E-state index contributed by atoms with van der Waals surface area (Å²) in [6.07, 6.45) is 3.88. The molecule has 1 atom stereocenters. The van der Waals surface area contributed by atoms with Crippen LogP contribution in [0.15, 0.2) is 95.8 Å². The molecular formula is C47H59N7O5Si. The van der Waals surface area contributed by atoms with Crippen LogP contribution in [0.2, 0.25) is 18.1 Å². The van der Waals surface area contributed by atoms with Gasteiger partial charge in [0.05, 0.1) is 22.8 Å². The standard InChI is InChI=1S/C47H59N7O5Si/c1-47(2,3)60(5,6)59-43(37-21-24-42(55)45-38(37)22-25-44(56)50-45)30-49-29-32-15-23-40-39(27-32)51-52-53(40)26-10-11-31-14-20-36(33-12-8-7-9-13-33)41(28-31)54(46(57)58)35-18-16-34(48-4)17-19-35/h7-9,12-15,20-25,27-28,34-35,43,48-49,55H,10-11,16-19,26,29-30H2,1-6H3,(H,50,56)(H,57,58)/t34-,35-,43-/m0/s1. The number of phenols is 1. The molecule has 6 aromatic rings. The van der Waals surface area contributed by atoms with Crippen molar-refractivity contribution in [2.45, 2.75) is 109 Å². The first-order valence-corrected chi connectivity index (χ1v) is 24.1. The SMILES string of the molecule is CN[C@H]1CC[C@H](N(C(=O)O)c2cc(CCCn3nnc4cc(CNC[C@H](O[Si](C)(C)C(C)(C)C)c5ccc(O)c6[nH]c(=O)ccc56)ccc43)ccc2-c2ccccc2)CC1. The predicted molar refractivity (Wildman–Crippen MR) is 242 cm³/mol. The maximum absolute atomic E-state index is 12.9. The molecule has 5 N–H and O–H groups in total. The van der Waals surface area contributed by atoms with Crippen LogP contribution in [-0.2, 0) is 23.9 Å². The van der Waals surface area contributed by atoms with Crippen LogP contribution >= 0.6 is 0 Å². The number of nitrogens with one attached hydrogen (secondary N) is 3. The van der Waals surface area contributed by atoms with Crippen molar-refractivity contribution in [2.75, 3.05) is 18.5 Å². The Morgan fingerprint density at radius 1 is 0.983 bits per heavy atom. The van der Waals surface area contributed by atoms with Crippen molar-refractivity contribution >= 4 is 42.0 Å². The molecule has 7 rings (SSSR count). The second kappa shape index (κ2) is 18.1. The molecule has 0 bridgehead atoms. The number of H-pyrrole nitrogens is 1. The van der Waals surface area contributed by atoms with Crippen molar-refractivity contribution in [3.8, 4) is 16.9 Å². The number of hydrogen-bond acceptors (Lipinski definition) is 8. The van der Waals surface area contributed by atoms with Crippen LogP contribution in [0.3, 0.4) is 0 Å². The Morgan fingerprint density at radius 3 is 2.45 bits per heavy atom. The number of fused-ring (bicyclic) bond motifs is 2. The van der Waals surface area contributed by atoms with Gasteiger partial charge < -0.3 is 30.3 Å². The van der Waals surface area contributed by atoms with E-state index in [2.05, 4.69) is 96.2 Å². The lowest BCUT2D eigenvalue weighted by Gasteiger charge is -2.39. The molecule has 316 valence electrons. The van der Waals surface area contributed by atoms with E-state index in [1.165, 1.54) is 6.07 Å². The Labute approximate surface area is 353 Å². The Kier molecular flexibility index (Phi) is 12.9. The van der Waals surface area contributed by atoms with Crippen LogP contribution in [0, 0.1) is 0 Å². The minimum atomic E-state index is -2.22. The van der Waals surface area contributed by atoms with Gasteiger partial charge in [-0.25, -0.2) is 9.48 Å². The quantitative estimate of drug-likeness (QED) is 0.0637. The van der Waals surface area contributed by atoms with Gasteiger partial charge in [0.1, 0.15) is 11.3 Å². The van der Waals surface area contributed by atoms with Gasteiger partial charge in [0.2, 0.25) is 5.56 Å². The maximum Gasteiger partial charge on any atom is 0.412 e. The summed E-state index contributed by atoms with van der Waals surface area (Å²) < 4.78 is 8.93. The summed E-state index contributed by atoms with van der Waals surface area (Å²) in [5, 5.41) is 37.9. The van der Waals surface area contributed by atoms with E-state index in [4.69, 9.17) is 4.43 Å². The Bertz CT molecular complexity index is 2490. The highest BCUT2D eigenvalue weighted by Crippen LogP contribution is 2.41. The van der Waals surface area contributed by atoms with E-state index in [-0.39, 0.29) is 28.5 Å². The number of amides is 1. The van der Waals surface area contributed by atoms with Gasteiger partial charge in [-0.15, -0.1) is 5.10 Å². The van der Waals surface area contributed by atoms with Crippen molar-refractivity contribution < 1.29 is 19.4 Å². The number of aromatic hydroxyl groups is 1. The number of aromatic amines is 1. The van der Waals surface area contributed by atoms with E-state index in [0.29, 0.717) is 31.2 Å². The van der Waals surface area contributed by atoms with E-state index in [9.17, 15) is 19.8 Å². The number of aryl methyl sites for hydroxylation is 2. The van der Waals surface area contributed by atoms with Crippen molar-refractivity contribution in [2.24, 2.45) is 0 Å². The number of nitrogens with zero attached hydrogens (tertiary/aromatic N) is 4. The van der Waals surface area contributed by atoms with Crippen molar-refractivity contribution in [1.29, 1.82) is 0 Å². The average Bonchev–Trinajstić information content (AvgIpc) is 3.63. The zero-order valence-corrected chi connectivity index (χ0v) is 36.7. The molecule has 0 radical (unpaired) electrons. The molecule has 1 amide bonds. The normalized spacial score (nSPS) is 16.6. The Hall–Kier alpha value is -5.34. The first kappa shape index (κ1) is 42.8. The molecule has 0 saturated heterocycles. The van der Waals surface area contributed by atoms with Crippen molar-refractivity contribution in [1.82, 2.24) is 30.6 Å². The van der Waals surface area contributed by atoms with E-state index in [1.54, 1.807) is 17.0 Å². The van der Waals surface area contributed by atoms with E-state index in [0.717, 1.165) is 88.4 Å². The molecule has 12 nitrogen and oxygen atoms in total. The summed E-state index contributed by atoms with van der Waals surface area (Å²) in [5.74, 6) is 0.0266. The van der Waals surface area contributed by atoms with Crippen LogP contribution in [0.25, 0.3) is 33.1 Å². The fourth-order valence-electron chi connectivity index (χ4n) is 8.23. The summed E-state index contributed by atoms with van der Waals surface area (Å²) in [4.78, 5) is 29.5. The lowest BCUT2D eigenvalue weighted by Crippen LogP contribution is -2.44. The zero-order valence-electron chi connectivity index (χ0n) is 35.7. The van der Waals surface area contributed by atoms with Crippen molar-refractivity contribution in [3.63, 3.8) is 0 Å². The number of phenolic OH excluding ortho intramolecular Hbond substituents is 1. The van der Waals surface area contributed by atoms with Crippen LogP contribution in [-0.4, -0.2) is 70.3 Å². The number of carboxylic acid groups (broad SMARTS) is 1. The van der Waals surface area contributed by atoms with Gasteiger partial charge in [-0.05, 0) is 116 Å². The average molecular weight is 830 g/mol. The fourth-order valence-corrected chi connectivity index (χ4v) is 9.51. The first-order chi connectivity index (χ1) is 28.7. The second-order valence-corrected chi connectivity index (χ2v) is 22.4. The van der Waals surface area contributed by atoms with Gasteiger partial charge in [-0.1, -0.05) is 80.6 Å². The Balaban J connectivity index is 1.04. The number of anilines is 1. The molecule has 2 aromatic heterocycles. The summed E-state index contributed by atoms with van der Waals surface area (Å²) in [6.45, 7) is 12.9. The van der Waals surface area contributed by atoms with Crippen molar-refractivity contribution in [3.05, 3.63) is 118 Å². The van der Waals surface area contributed by atoms with E-state index in [1.807, 2.05) is 48.1 Å². The number of hydrogen-bond donors (Lipinski definition) is 5. The molecule has 13 heteroatoms. The number of benzene rings is 4. The first-order valence-electron chi connectivity index (χ1n) is 21.2. The third-order valence-electron chi connectivity index (χ3n) is 12.7. The molecule has 4 aromatic carbocycles. The third-order valence-corrected chi connectivity index (χ3v) is 17.1.